The Labute approximate surface area is 148 Å². The van der Waals surface area contributed by atoms with Crippen molar-refractivity contribution in [2.45, 2.75) is 25.8 Å². The number of carbonyl (C=O) groups is 1. The molecule has 26 heavy (non-hydrogen) atoms. The van der Waals surface area contributed by atoms with Gasteiger partial charge in [-0.25, -0.2) is 0 Å². The van der Waals surface area contributed by atoms with Crippen LogP contribution in [0.15, 0.2) is 40.8 Å². The summed E-state index contributed by atoms with van der Waals surface area (Å²) in [4.78, 5) is 13.7. The number of morpholine rings is 1. The Kier molecular flexibility index (Phi) is 5.22. The lowest BCUT2D eigenvalue weighted by molar-refractivity contribution is -0.233. The van der Waals surface area contributed by atoms with Crippen molar-refractivity contribution in [3.8, 4) is 5.75 Å². The van der Waals surface area contributed by atoms with Crippen LogP contribution >= 0.6 is 0 Å². The first kappa shape index (κ1) is 18.3. The van der Waals surface area contributed by atoms with E-state index in [1.54, 1.807) is 25.1 Å². The molecule has 1 fully saturated rings. The van der Waals surface area contributed by atoms with E-state index in [2.05, 4.69) is 0 Å². The van der Waals surface area contributed by atoms with Crippen molar-refractivity contribution >= 4 is 5.91 Å². The van der Waals surface area contributed by atoms with E-state index in [0.29, 0.717) is 17.1 Å². The molecule has 1 amide bonds. The molecule has 2 heterocycles. The molecule has 1 atom stereocenters. The minimum absolute atomic E-state index is 0.0273. The van der Waals surface area contributed by atoms with Crippen molar-refractivity contribution in [3.63, 3.8) is 0 Å². The first-order chi connectivity index (χ1) is 12.3. The maximum atomic E-state index is 12.8. The highest BCUT2D eigenvalue weighted by molar-refractivity contribution is 5.93. The van der Waals surface area contributed by atoms with Crippen LogP contribution in [0.1, 0.15) is 21.9 Å². The molecule has 0 saturated carbocycles. The van der Waals surface area contributed by atoms with Gasteiger partial charge in [0.15, 0.2) is 11.9 Å². The van der Waals surface area contributed by atoms with Gasteiger partial charge in [-0.15, -0.1) is 0 Å². The van der Waals surface area contributed by atoms with E-state index in [1.807, 2.05) is 18.2 Å². The molecule has 0 bridgehead atoms. The van der Waals surface area contributed by atoms with E-state index in [4.69, 9.17) is 13.9 Å². The standard InChI is InChI=1S/C18H18F3NO4/c1-12-9-14(11-25-13-5-3-2-4-6-13)26-16(12)17(23)22-7-8-24-15(10-22)18(19,20)21/h2-6,9,15H,7-8,10-11H2,1H3. The zero-order chi connectivity index (χ0) is 18.7. The lowest BCUT2D eigenvalue weighted by atomic mass is 10.2. The zero-order valence-electron chi connectivity index (χ0n) is 14.1. The largest absolute Gasteiger partial charge is 0.486 e. The number of alkyl halides is 3. The molecule has 0 aliphatic carbocycles. The number of furan rings is 1. The maximum absolute atomic E-state index is 12.8. The molecule has 1 unspecified atom stereocenters. The van der Waals surface area contributed by atoms with Gasteiger partial charge in [0.2, 0.25) is 0 Å². The van der Waals surface area contributed by atoms with E-state index in [-0.39, 0.29) is 25.5 Å². The molecule has 1 aromatic carbocycles. The third kappa shape index (κ3) is 4.19. The second-order valence-corrected chi connectivity index (χ2v) is 5.98. The second kappa shape index (κ2) is 7.41. The van der Waals surface area contributed by atoms with Crippen molar-refractivity contribution in [2.24, 2.45) is 0 Å². The van der Waals surface area contributed by atoms with Gasteiger partial charge in [-0.2, -0.15) is 13.2 Å². The first-order valence-corrected chi connectivity index (χ1v) is 8.09. The van der Waals surface area contributed by atoms with E-state index in [0.717, 1.165) is 4.90 Å². The summed E-state index contributed by atoms with van der Waals surface area (Å²) in [5.74, 6) is 0.524. The maximum Gasteiger partial charge on any atom is 0.416 e. The van der Waals surface area contributed by atoms with Crippen LogP contribution in [0.5, 0.6) is 5.75 Å². The second-order valence-electron chi connectivity index (χ2n) is 5.98. The summed E-state index contributed by atoms with van der Waals surface area (Å²) in [5.41, 5.74) is 0.553. The summed E-state index contributed by atoms with van der Waals surface area (Å²) >= 11 is 0. The Morgan fingerprint density at radius 2 is 2.04 bits per heavy atom. The molecule has 8 heteroatoms. The molecule has 0 spiro atoms. The van der Waals surface area contributed by atoms with Gasteiger partial charge in [0, 0.05) is 12.1 Å². The van der Waals surface area contributed by atoms with Crippen molar-refractivity contribution < 1.29 is 31.9 Å². The van der Waals surface area contributed by atoms with E-state index >= 15 is 0 Å². The minimum atomic E-state index is -4.51. The van der Waals surface area contributed by atoms with Crippen LogP contribution in [0, 0.1) is 6.92 Å². The zero-order valence-corrected chi connectivity index (χ0v) is 14.1. The topological polar surface area (TPSA) is 51.9 Å². The normalized spacial score (nSPS) is 18.0. The van der Waals surface area contributed by atoms with Crippen LogP contribution in [-0.2, 0) is 11.3 Å². The Balaban J connectivity index is 1.67. The summed E-state index contributed by atoms with van der Waals surface area (Å²) in [5, 5.41) is 0. The molecule has 2 aromatic rings. The number of aryl methyl sites for hydroxylation is 1. The van der Waals surface area contributed by atoms with Crippen molar-refractivity contribution in [2.75, 3.05) is 19.7 Å². The minimum Gasteiger partial charge on any atom is -0.486 e. The Morgan fingerprint density at radius 3 is 2.73 bits per heavy atom. The summed E-state index contributed by atoms with van der Waals surface area (Å²) in [7, 11) is 0. The monoisotopic (exact) mass is 369 g/mol. The van der Waals surface area contributed by atoms with Gasteiger partial charge in [0.05, 0.1) is 13.2 Å². The van der Waals surface area contributed by atoms with Gasteiger partial charge in [-0.1, -0.05) is 18.2 Å². The van der Waals surface area contributed by atoms with E-state index in [1.165, 1.54) is 0 Å². The third-order valence-electron chi connectivity index (χ3n) is 4.01. The highest BCUT2D eigenvalue weighted by Crippen LogP contribution is 2.27. The number of nitrogens with zero attached hydrogens (tertiary/aromatic N) is 1. The summed E-state index contributed by atoms with van der Waals surface area (Å²) < 4.78 is 54.3. The molecular formula is C18H18F3NO4. The van der Waals surface area contributed by atoms with Gasteiger partial charge < -0.3 is 18.8 Å². The number of carbonyl (C=O) groups excluding carboxylic acids is 1. The predicted molar refractivity (Wildman–Crippen MR) is 85.9 cm³/mol. The van der Waals surface area contributed by atoms with Gasteiger partial charge in [0.25, 0.3) is 5.91 Å². The Hall–Kier alpha value is -2.48. The predicted octanol–water partition coefficient (Wildman–Crippen LogP) is 3.57. The molecule has 0 N–H and O–H groups in total. The molecule has 1 aromatic heterocycles. The number of amides is 1. The SMILES string of the molecule is Cc1cc(COc2ccccc2)oc1C(=O)N1CCOC(C(F)(F)F)C1. The number of hydrogen-bond donors (Lipinski definition) is 0. The average molecular weight is 369 g/mol. The first-order valence-electron chi connectivity index (χ1n) is 8.09. The molecule has 1 aliphatic rings. The number of ether oxygens (including phenoxy) is 2. The van der Waals surface area contributed by atoms with Crippen LogP contribution in [0.3, 0.4) is 0 Å². The fraction of sp³-hybridized carbons (Fsp3) is 0.389. The average Bonchev–Trinajstić information content (AvgIpc) is 3.00. The van der Waals surface area contributed by atoms with Crippen LogP contribution < -0.4 is 4.74 Å². The van der Waals surface area contributed by atoms with Crippen molar-refractivity contribution in [1.82, 2.24) is 4.90 Å². The van der Waals surface area contributed by atoms with Gasteiger partial charge in [0.1, 0.15) is 18.1 Å². The lowest BCUT2D eigenvalue weighted by Crippen LogP contribution is -2.51. The number of halogens is 3. The number of benzene rings is 1. The smallest absolute Gasteiger partial charge is 0.416 e. The number of rotatable bonds is 4. The van der Waals surface area contributed by atoms with Crippen LogP contribution in [-0.4, -0.2) is 42.8 Å². The molecular weight excluding hydrogens is 351 g/mol. The van der Waals surface area contributed by atoms with Crippen LogP contribution in [0.2, 0.25) is 0 Å². The van der Waals surface area contributed by atoms with Gasteiger partial charge in [-0.3, -0.25) is 4.79 Å². The van der Waals surface area contributed by atoms with Crippen molar-refractivity contribution in [1.29, 1.82) is 0 Å². The fourth-order valence-electron chi connectivity index (χ4n) is 2.68. The molecule has 1 aliphatic heterocycles. The highest BCUT2D eigenvalue weighted by atomic mass is 19.4. The van der Waals surface area contributed by atoms with E-state index < -0.39 is 24.7 Å². The highest BCUT2D eigenvalue weighted by Gasteiger charge is 2.44. The number of hydrogen-bond acceptors (Lipinski definition) is 4. The third-order valence-corrected chi connectivity index (χ3v) is 4.01. The molecule has 5 nitrogen and oxygen atoms in total. The quantitative estimate of drug-likeness (QED) is 0.827. The molecule has 1 saturated heterocycles. The summed E-state index contributed by atoms with van der Waals surface area (Å²) in [6.45, 7) is 1.16. The summed E-state index contributed by atoms with van der Waals surface area (Å²) in [6.07, 6.45) is -6.48. The molecule has 140 valence electrons. The fourth-order valence-corrected chi connectivity index (χ4v) is 2.68. The van der Waals surface area contributed by atoms with Gasteiger partial charge >= 0.3 is 6.18 Å². The lowest BCUT2D eigenvalue weighted by Gasteiger charge is -2.33. The van der Waals surface area contributed by atoms with Gasteiger partial charge in [-0.05, 0) is 25.1 Å². The van der Waals surface area contributed by atoms with Crippen molar-refractivity contribution in [3.05, 3.63) is 53.5 Å². The molecule has 0 radical (unpaired) electrons. The van der Waals surface area contributed by atoms with E-state index in [9.17, 15) is 18.0 Å². The molecule has 3 rings (SSSR count). The Bertz CT molecular complexity index is 758. The summed E-state index contributed by atoms with van der Waals surface area (Å²) in [6, 6.07) is 10.7. The van der Waals surface area contributed by atoms with Crippen LogP contribution in [0.25, 0.3) is 0 Å². The Morgan fingerprint density at radius 1 is 1.31 bits per heavy atom. The van der Waals surface area contributed by atoms with Crippen LogP contribution in [0.4, 0.5) is 13.2 Å². The number of para-hydroxylation sites is 1.